The molecule has 1 aromatic carbocycles. The molecule has 3 heterocycles. The van der Waals surface area contributed by atoms with Crippen molar-refractivity contribution in [1.29, 1.82) is 0 Å². The number of imidazole rings is 1. The van der Waals surface area contributed by atoms with Gasteiger partial charge in [0.2, 0.25) is 0 Å². The van der Waals surface area contributed by atoms with E-state index < -0.39 is 0 Å². The van der Waals surface area contributed by atoms with Crippen LogP contribution in [0.3, 0.4) is 0 Å². The maximum atomic E-state index is 5.57. The van der Waals surface area contributed by atoms with Gasteiger partial charge in [-0.3, -0.25) is 9.56 Å². The summed E-state index contributed by atoms with van der Waals surface area (Å²) in [5.74, 6) is 3.60. The summed E-state index contributed by atoms with van der Waals surface area (Å²) < 4.78 is 7.53. The fourth-order valence-corrected chi connectivity index (χ4v) is 3.41. The van der Waals surface area contributed by atoms with Crippen LogP contribution in [0.15, 0.2) is 53.9 Å². The van der Waals surface area contributed by atoms with Crippen LogP contribution >= 0.6 is 24.0 Å². The number of aromatic nitrogens is 3. The lowest BCUT2D eigenvalue weighted by Crippen LogP contribution is -2.37. The standard InChI is InChI=1S/C22H26N6O.HI/c1-16-24-10-11-28(16)21-6-4-18(14-26-21)15-27-22(23-2)25-9-7-17-3-5-20-19(13-17)8-12-29-20;/h3-6,10-11,13-14H,7-9,12,15H2,1-2H3,(H2,23,25,27);1H. The predicted molar refractivity (Wildman–Crippen MR) is 129 cm³/mol. The number of aliphatic imine (C=N–C) groups is 1. The number of aryl methyl sites for hydroxylation is 1. The van der Waals surface area contributed by atoms with Gasteiger partial charge in [0.15, 0.2) is 5.96 Å². The van der Waals surface area contributed by atoms with Crippen LogP contribution in [-0.4, -0.2) is 40.7 Å². The molecule has 158 valence electrons. The van der Waals surface area contributed by atoms with E-state index in [9.17, 15) is 0 Å². The van der Waals surface area contributed by atoms with Crippen LogP contribution in [-0.2, 0) is 19.4 Å². The zero-order chi connectivity index (χ0) is 20.1. The summed E-state index contributed by atoms with van der Waals surface area (Å²) in [6, 6.07) is 10.5. The number of rotatable bonds is 6. The van der Waals surface area contributed by atoms with Gasteiger partial charge in [-0.1, -0.05) is 18.2 Å². The molecule has 3 aromatic rings. The van der Waals surface area contributed by atoms with Crippen molar-refractivity contribution >= 4 is 29.9 Å². The Morgan fingerprint density at radius 1 is 1.17 bits per heavy atom. The number of hydrogen-bond donors (Lipinski definition) is 2. The Balaban J connectivity index is 0.00000256. The molecule has 0 amide bonds. The second kappa shape index (κ2) is 10.4. The normalized spacial score (nSPS) is 12.7. The average molecular weight is 518 g/mol. The third-order valence-electron chi connectivity index (χ3n) is 5.03. The molecule has 2 N–H and O–H groups in total. The van der Waals surface area contributed by atoms with Gasteiger partial charge in [-0.2, -0.15) is 0 Å². The quantitative estimate of drug-likeness (QED) is 0.298. The summed E-state index contributed by atoms with van der Waals surface area (Å²) in [4.78, 5) is 13.1. The zero-order valence-electron chi connectivity index (χ0n) is 17.3. The number of ether oxygens (including phenoxy) is 1. The number of fused-ring (bicyclic) bond motifs is 1. The Morgan fingerprint density at radius 2 is 2.03 bits per heavy atom. The van der Waals surface area contributed by atoms with E-state index in [2.05, 4.69) is 49.9 Å². The lowest BCUT2D eigenvalue weighted by Gasteiger charge is -2.12. The van der Waals surface area contributed by atoms with Gasteiger partial charge in [0.25, 0.3) is 0 Å². The van der Waals surface area contributed by atoms with Gasteiger partial charge in [-0.05, 0) is 42.2 Å². The van der Waals surface area contributed by atoms with Crippen molar-refractivity contribution in [2.75, 3.05) is 20.2 Å². The first-order valence-corrected chi connectivity index (χ1v) is 9.87. The highest BCUT2D eigenvalue weighted by Gasteiger charge is 2.11. The highest BCUT2D eigenvalue weighted by atomic mass is 127. The topological polar surface area (TPSA) is 76.4 Å². The Hall–Kier alpha value is -2.62. The average Bonchev–Trinajstić information content (AvgIpc) is 3.39. The first kappa shape index (κ1) is 22.1. The first-order valence-electron chi connectivity index (χ1n) is 9.87. The number of benzene rings is 1. The molecule has 8 heteroatoms. The van der Waals surface area contributed by atoms with Gasteiger partial charge in [-0.15, -0.1) is 24.0 Å². The molecule has 0 fully saturated rings. The number of guanidine groups is 1. The number of pyridine rings is 1. The minimum absolute atomic E-state index is 0. The molecule has 0 radical (unpaired) electrons. The van der Waals surface area contributed by atoms with Crippen LogP contribution in [0.1, 0.15) is 22.5 Å². The van der Waals surface area contributed by atoms with Crippen LogP contribution < -0.4 is 15.4 Å². The van der Waals surface area contributed by atoms with Gasteiger partial charge in [0, 0.05) is 45.1 Å². The molecule has 0 atom stereocenters. The highest BCUT2D eigenvalue weighted by Crippen LogP contribution is 2.25. The van der Waals surface area contributed by atoms with Crippen LogP contribution in [0, 0.1) is 6.92 Å². The maximum absolute atomic E-state index is 5.57. The van der Waals surface area contributed by atoms with Gasteiger partial charge in [0.1, 0.15) is 17.4 Å². The SMILES string of the molecule is CN=C(NCCc1ccc2c(c1)CCO2)NCc1ccc(-n2ccnc2C)nc1.I. The van der Waals surface area contributed by atoms with Crippen molar-refractivity contribution in [3.05, 3.63) is 71.4 Å². The van der Waals surface area contributed by atoms with Crippen LogP contribution in [0.2, 0.25) is 0 Å². The Labute approximate surface area is 194 Å². The third-order valence-corrected chi connectivity index (χ3v) is 5.03. The third kappa shape index (κ3) is 5.29. The molecule has 4 rings (SSSR count). The molecule has 0 aliphatic carbocycles. The van der Waals surface area contributed by atoms with Crippen LogP contribution in [0.25, 0.3) is 5.82 Å². The Kier molecular flexibility index (Phi) is 7.67. The molecule has 0 saturated heterocycles. The van der Waals surface area contributed by atoms with Gasteiger partial charge >= 0.3 is 0 Å². The smallest absolute Gasteiger partial charge is 0.191 e. The number of hydrogen-bond acceptors (Lipinski definition) is 4. The molecule has 0 saturated carbocycles. The molecule has 0 bridgehead atoms. The minimum atomic E-state index is 0. The highest BCUT2D eigenvalue weighted by molar-refractivity contribution is 14.0. The van der Waals surface area contributed by atoms with Gasteiger partial charge in [0.05, 0.1) is 6.61 Å². The molecular formula is C22H27IN6O. The number of nitrogens with one attached hydrogen (secondary N) is 2. The van der Waals surface area contributed by atoms with E-state index in [0.29, 0.717) is 6.54 Å². The maximum Gasteiger partial charge on any atom is 0.191 e. The Morgan fingerprint density at radius 3 is 2.77 bits per heavy atom. The minimum Gasteiger partial charge on any atom is -0.493 e. The second-order valence-electron chi connectivity index (χ2n) is 7.01. The van der Waals surface area contributed by atoms with Crippen molar-refractivity contribution in [2.24, 2.45) is 4.99 Å². The summed E-state index contributed by atoms with van der Waals surface area (Å²) in [5.41, 5.74) is 3.71. The van der Waals surface area contributed by atoms with E-state index in [1.165, 1.54) is 11.1 Å². The van der Waals surface area contributed by atoms with Crippen molar-refractivity contribution in [3.8, 4) is 11.6 Å². The van der Waals surface area contributed by atoms with Crippen molar-refractivity contribution in [3.63, 3.8) is 0 Å². The Bertz CT molecular complexity index is 999. The summed E-state index contributed by atoms with van der Waals surface area (Å²) in [6.45, 7) is 4.23. The van der Waals surface area contributed by atoms with Gasteiger partial charge < -0.3 is 15.4 Å². The van der Waals surface area contributed by atoms with Gasteiger partial charge in [-0.25, -0.2) is 9.97 Å². The lowest BCUT2D eigenvalue weighted by atomic mass is 10.1. The lowest BCUT2D eigenvalue weighted by molar-refractivity contribution is 0.357. The monoisotopic (exact) mass is 518 g/mol. The molecule has 0 spiro atoms. The van der Waals surface area contributed by atoms with E-state index in [4.69, 9.17) is 4.74 Å². The van der Waals surface area contributed by atoms with Crippen LogP contribution in [0.5, 0.6) is 5.75 Å². The van der Waals surface area contributed by atoms with E-state index in [1.54, 1.807) is 13.2 Å². The number of nitrogens with zero attached hydrogens (tertiary/aromatic N) is 4. The second-order valence-corrected chi connectivity index (χ2v) is 7.01. The largest absolute Gasteiger partial charge is 0.493 e. The fourth-order valence-electron chi connectivity index (χ4n) is 3.41. The summed E-state index contributed by atoms with van der Waals surface area (Å²) in [7, 11) is 1.78. The molecule has 2 aromatic heterocycles. The fraction of sp³-hybridized carbons (Fsp3) is 0.318. The predicted octanol–water partition coefficient (Wildman–Crippen LogP) is 3.04. The first-order chi connectivity index (χ1) is 14.2. The molecule has 7 nitrogen and oxygen atoms in total. The molecule has 1 aliphatic heterocycles. The molecule has 0 unspecified atom stereocenters. The van der Waals surface area contributed by atoms with E-state index in [1.807, 2.05) is 30.0 Å². The van der Waals surface area contributed by atoms with Crippen molar-refractivity contribution in [2.45, 2.75) is 26.3 Å². The summed E-state index contributed by atoms with van der Waals surface area (Å²) >= 11 is 0. The summed E-state index contributed by atoms with van der Waals surface area (Å²) in [6.07, 6.45) is 7.51. The zero-order valence-corrected chi connectivity index (χ0v) is 19.6. The van der Waals surface area contributed by atoms with Crippen LogP contribution in [0.4, 0.5) is 0 Å². The molecule has 1 aliphatic rings. The van der Waals surface area contributed by atoms with Crippen molar-refractivity contribution in [1.82, 2.24) is 25.2 Å². The van der Waals surface area contributed by atoms with E-state index in [0.717, 1.165) is 54.9 Å². The number of halogens is 1. The van der Waals surface area contributed by atoms with E-state index >= 15 is 0 Å². The molecule has 30 heavy (non-hydrogen) atoms. The van der Waals surface area contributed by atoms with Crippen molar-refractivity contribution < 1.29 is 4.74 Å². The van der Waals surface area contributed by atoms with E-state index in [-0.39, 0.29) is 24.0 Å². The summed E-state index contributed by atoms with van der Waals surface area (Å²) in [5, 5.41) is 6.71. The molecular weight excluding hydrogens is 491 g/mol.